The van der Waals surface area contributed by atoms with Crippen LogP contribution in [0.1, 0.15) is 43.6 Å². The molecule has 0 fully saturated rings. The highest BCUT2D eigenvalue weighted by molar-refractivity contribution is 14.1. The van der Waals surface area contributed by atoms with Gasteiger partial charge in [0.2, 0.25) is 0 Å². The monoisotopic (exact) mass is 421 g/mol. The maximum atomic E-state index is 13.0. The average molecular weight is 421 g/mol. The molecule has 122 valence electrons. The second kappa shape index (κ2) is 7.47. The Morgan fingerprint density at radius 3 is 1.96 bits per heavy atom. The van der Waals surface area contributed by atoms with Gasteiger partial charge in [-0.3, -0.25) is 4.79 Å². The summed E-state index contributed by atoms with van der Waals surface area (Å²) in [4.78, 5) is 14.9. The van der Waals surface area contributed by atoms with Gasteiger partial charge < -0.3 is 4.90 Å². The van der Waals surface area contributed by atoms with Crippen LogP contribution >= 0.6 is 22.6 Å². The summed E-state index contributed by atoms with van der Waals surface area (Å²) in [5.41, 5.74) is 4.25. The molecule has 2 aromatic rings. The van der Waals surface area contributed by atoms with Crippen LogP contribution in [0, 0.1) is 10.5 Å². The second-order valence-electron chi connectivity index (χ2n) is 6.46. The predicted octanol–water partition coefficient (Wildman–Crippen LogP) is 5.53. The first-order chi connectivity index (χ1) is 10.8. The lowest BCUT2D eigenvalue weighted by atomic mass is 10.0. The van der Waals surface area contributed by atoms with E-state index in [0.717, 1.165) is 20.3 Å². The highest BCUT2D eigenvalue weighted by Crippen LogP contribution is 2.26. The summed E-state index contributed by atoms with van der Waals surface area (Å²) in [6, 6.07) is 14.9. The number of amides is 1. The molecule has 0 radical (unpaired) electrons. The van der Waals surface area contributed by atoms with Gasteiger partial charge in [-0.2, -0.15) is 0 Å². The van der Waals surface area contributed by atoms with Crippen molar-refractivity contribution in [3.05, 3.63) is 57.2 Å². The highest BCUT2D eigenvalue weighted by atomic mass is 127. The van der Waals surface area contributed by atoms with E-state index in [1.807, 2.05) is 17.0 Å². The zero-order valence-corrected chi connectivity index (χ0v) is 16.6. The molecule has 23 heavy (non-hydrogen) atoms. The molecule has 0 saturated carbocycles. The Morgan fingerprint density at radius 1 is 0.913 bits per heavy atom. The normalized spacial score (nSPS) is 11.1. The van der Waals surface area contributed by atoms with Crippen molar-refractivity contribution in [3.63, 3.8) is 0 Å². The van der Waals surface area contributed by atoms with Crippen molar-refractivity contribution in [2.45, 2.75) is 46.7 Å². The predicted molar refractivity (Wildman–Crippen MR) is 106 cm³/mol. The first kappa shape index (κ1) is 18.0. The van der Waals surface area contributed by atoms with Gasteiger partial charge in [0.05, 0.1) is 5.56 Å². The number of carbonyl (C=O) groups is 1. The van der Waals surface area contributed by atoms with E-state index in [1.54, 1.807) is 0 Å². The minimum Gasteiger partial charge on any atom is -0.334 e. The van der Waals surface area contributed by atoms with Crippen LogP contribution < -0.4 is 0 Å². The van der Waals surface area contributed by atoms with Crippen molar-refractivity contribution < 1.29 is 4.79 Å². The van der Waals surface area contributed by atoms with E-state index in [2.05, 4.69) is 87.5 Å². The molecule has 0 aliphatic heterocycles. The minimum atomic E-state index is 0.105. The Hall–Kier alpha value is -1.36. The fraction of sp³-hybridized carbons (Fsp3) is 0.350. The number of aryl methyl sites for hydroxylation is 1. The van der Waals surface area contributed by atoms with E-state index < -0.39 is 0 Å². The molecule has 0 aromatic heterocycles. The van der Waals surface area contributed by atoms with Crippen LogP contribution in [-0.4, -0.2) is 22.9 Å². The van der Waals surface area contributed by atoms with E-state index in [0.29, 0.717) is 0 Å². The molecule has 0 bridgehead atoms. The molecular formula is C20H24INO. The Bertz CT molecular complexity index is 681. The smallest absolute Gasteiger partial charge is 0.255 e. The zero-order chi connectivity index (χ0) is 17.1. The molecule has 2 nitrogen and oxygen atoms in total. The third-order valence-corrected chi connectivity index (χ3v) is 4.87. The summed E-state index contributed by atoms with van der Waals surface area (Å²) in [6.07, 6.45) is 0. The number of benzene rings is 2. The number of hydrogen-bond donors (Lipinski definition) is 0. The molecule has 0 aliphatic rings. The van der Waals surface area contributed by atoms with Gasteiger partial charge in [-0.15, -0.1) is 0 Å². The molecule has 0 aliphatic carbocycles. The average Bonchev–Trinajstić information content (AvgIpc) is 2.47. The SMILES string of the molecule is Cc1ccc(-c2ccc(I)c(C(=O)N(C(C)C)C(C)C)c2)cc1. The summed E-state index contributed by atoms with van der Waals surface area (Å²) in [6.45, 7) is 10.3. The first-order valence-electron chi connectivity index (χ1n) is 8.00. The molecule has 3 heteroatoms. The molecule has 2 aromatic carbocycles. The van der Waals surface area contributed by atoms with E-state index in [1.165, 1.54) is 5.56 Å². The van der Waals surface area contributed by atoms with Crippen molar-refractivity contribution in [2.24, 2.45) is 0 Å². The molecule has 0 spiro atoms. The summed E-state index contributed by atoms with van der Waals surface area (Å²) < 4.78 is 0.995. The molecule has 1 amide bonds. The maximum absolute atomic E-state index is 13.0. The highest BCUT2D eigenvalue weighted by Gasteiger charge is 2.23. The van der Waals surface area contributed by atoms with E-state index >= 15 is 0 Å². The van der Waals surface area contributed by atoms with Crippen LogP contribution in [0.25, 0.3) is 11.1 Å². The van der Waals surface area contributed by atoms with Gasteiger partial charge in [0.25, 0.3) is 5.91 Å². The van der Waals surface area contributed by atoms with Crippen molar-refractivity contribution in [1.82, 2.24) is 4.90 Å². The van der Waals surface area contributed by atoms with Crippen LogP contribution in [0.2, 0.25) is 0 Å². The lowest BCUT2D eigenvalue weighted by Crippen LogP contribution is -2.42. The lowest BCUT2D eigenvalue weighted by molar-refractivity contribution is 0.0642. The Kier molecular flexibility index (Phi) is 5.84. The Morgan fingerprint density at radius 2 is 1.43 bits per heavy atom. The van der Waals surface area contributed by atoms with Gasteiger partial charge in [-0.05, 0) is 80.5 Å². The molecule has 0 unspecified atom stereocenters. The summed E-state index contributed by atoms with van der Waals surface area (Å²) in [5.74, 6) is 0.105. The standard InChI is InChI=1S/C20H24INO/c1-13(2)22(14(3)4)20(23)18-12-17(10-11-19(18)21)16-8-6-15(5)7-9-16/h6-14H,1-5H3. The third kappa shape index (κ3) is 4.14. The number of rotatable bonds is 4. The van der Waals surface area contributed by atoms with E-state index in [4.69, 9.17) is 0 Å². The van der Waals surface area contributed by atoms with Crippen LogP contribution in [0.5, 0.6) is 0 Å². The van der Waals surface area contributed by atoms with Crippen molar-refractivity contribution in [3.8, 4) is 11.1 Å². The minimum absolute atomic E-state index is 0.105. The van der Waals surface area contributed by atoms with Crippen LogP contribution in [0.4, 0.5) is 0 Å². The molecule has 0 atom stereocenters. The lowest BCUT2D eigenvalue weighted by Gasteiger charge is -2.31. The maximum Gasteiger partial charge on any atom is 0.255 e. The summed E-state index contributed by atoms with van der Waals surface area (Å²) >= 11 is 2.25. The van der Waals surface area contributed by atoms with Crippen molar-refractivity contribution >= 4 is 28.5 Å². The van der Waals surface area contributed by atoms with Gasteiger partial charge in [-0.25, -0.2) is 0 Å². The Labute approximate surface area is 153 Å². The molecular weight excluding hydrogens is 397 g/mol. The van der Waals surface area contributed by atoms with Gasteiger partial charge in [0, 0.05) is 15.7 Å². The first-order valence-corrected chi connectivity index (χ1v) is 9.08. The third-order valence-electron chi connectivity index (χ3n) is 3.93. The van der Waals surface area contributed by atoms with E-state index in [9.17, 15) is 4.79 Å². The van der Waals surface area contributed by atoms with Gasteiger partial charge in [0.15, 0.2) is 0 Å². The van der Waals surface area contributed by atoms with Gasteiger partial charge in [-0.1, -0.05) is 35.9 Å². The summed E-state index contributed by atoms with van der Waals surface area (Å²) in [5, 5.41) is 0. The number of carbonyl (C=O) groups excluding carboxylic acids is 1. The zero-order valence-electron chi connectivity index (χ0n) is 14.4. The number of halogens is 1. The molecule has 0 N–H and O–H groups in total. The number of nitrogens with zero attached hydrogens (tertiary/aromatic N) is 1. The fourth-order valence-corrected chi connectivity index (χ4v) is 3.39. The quantitative estimate of drug-likeness (QED) is 0.595. The van der Waals surface area contributed by atoms with Crippen LogP contribution in [-0.2, 0) is 0 Å². The molecule has 2 rings (SSSR count). The topological polar surface area (TPSA) is 20.3 Å². The summed E-state index contributed by atoms with van der Waals surface area (Å²) in [7, 11) is 0. The van der Waals surface area contributed by atoms with Crippen LogP contribution in [0.15, 0.2) is 42.5 Å². The van der Waals surface area contributed by atoms with Crippen molar-refractivity contribution in [2.75, 3.05) is 0 Å². The van der Waals surface area contributed by atoms with Gasteiger partial charge >= 0.3 is 0 Å². The Balaban J connectivity index is 2.44. The second-order valence-corrected chi connectivity index (χ2v) is 7.62. The van der Waals surface area contributed by atoms with E-state index in [-0.39, 0.29) is 18.0 Å². The largest absolute Gasteiger partial charge is 0.334 e. The van der Waals surface area contributed by atoms with Gasteiger partial charge in [0.1, 0.15) is 0 Å². The number of hydrogen-bond acceptors (Lipinski definition) is 1. The van der Waals surface area contributed by atoms with Crippen molar-refractivity contribution in [1.29, 1.82) is 0 Å². The van der Waals surface area contributed by atoms with Crippen LogP contribution in [0.3, 0.4) is 0 Å². The molecule has 0 heterocycles. The fourth-order valence-electron chi connectivity index (χ4n) is 2.82. The molecule has 0 saturated heterocycles.